The van der Waals surface area contributed by atoms with E-state index in [1.807, 2.05) is 0 Å². The molecule has 1 N–H and O–H groups in total. The third kappa shape index (κ3) is 4.16. The monoisotopic (exact) mass is 287 g/mol. The van der Waals surface area contributed by atoms with Crippen LogP contribution in [0.4, 0.5) is 0 Å². The van der Waals surface area contributed by atoms with E-state index in [0.29, 0.717) is 30.7 Å². The number of hydrogen-bond donors (Lipinski definition) is 0. The molecule has 0 aliphatic heterocycles. The van der Waals surface area contributed by atoms with Crippen LogP contribution in [0.1, 0.15) is 31.1 Å². The topological polar surface area (TPSA) is 66.2 Å². The average Bonchev–Trinajstić information content (AvgIpc) is 2.40. The van der Waals surface area contributed by atoms with Crippen molar-refractivity contribution >= 4 is 18.9 Å². The summed E-state index contributed by atoms with van der Waals surface area (Å²) in [7, 11) is -3.04. The largest absolute Gasteiger partial charge is 0.534 e. The summed E-state index contributed by atoms with van der Waals surface area (Å²) in [4.78, 5) is 11.5. The SMILES string of the molecule is CCOC(=O)c1ccc(P(=[OH+])(OCC)OCC)cc1. The highest BCUT2D eigenvalue weighted by atomic mass is 31.2. The quantitative estimate of drug-likeness (QED) is 0.439. The smallest absolute Gasteiger partial charge is 0.462 e. The van der Waals surface area contributed by atoms with Gasteiger partial charge < -0.3 is 4.74 Å². The molecule has 0 aliphatic carbocycles. The Morgan fingerprint density at radius 1 is 1.05 bits per heavy atom. The maximum atomic E-state index is 11.5. The molecular weight excluding hydrogens is 267 g/mol. The summed E-state index contributed by atoms with van der Waals surface area (Å²) in [6.45, 7) is 6.36. The fourth-order valence-electron chi connectivity index (χ4n) is 1.54. The third-order valence-electron chi connectivity index (χ3n) is 2.31. The molecule has 0 spiro atoms. The molecule has 0 saturated heterocycles. The van der Waals surface area contributed by atoms with Gasteiger partial charge in [0.05, 0.1) is 25.4 Å². The first-order valence-corrected chi connectivity index (χ1v) is 7.83. The lowest BCUT2D eigenvalue weighted by Gasteiger charge is -2.11. The number of rotatable bonds is 7. The van der Waals surface area contributed by atoms with Gasteiger partial charge in [0, 0.05) is 0 Å². The van der Waals surface area contributed by atoms with Gasteiger partial charge in [0.25, 0.3) is 0 Å². The van der Waals surface area contributed by atoms with Gasteiger partial charge in [-0.1, -0.05) is 0 Å². The number of esters is 1. The summed E-state index contributed by atoms with van der Waals surface area (Å²) in [5.41, 5.74) is 0.435. The maximum absolute atomic E-state index is 11.5. The van der Waals surface area contributed by atoms with Crippen LogP contribution in [0.3, 0.4) is 0 Å². The van der Waals surface area contributed by atoms with Crippen molar-refractivity contribution in [2.24, 2.45) is 0 Å². The van der Waals surface area contributed by atoms with Crippen molar-refractivity contribution in [2.45, 2.75) is 20.8 Å². The zero-order chi connectivity index (χ0) is 14.3. The van der Waals surface area contributed by atoms with Crippen molar-refractivity contribution in [1.29, 1.82) is 0 Å². The minimum atomic E-state index is -3.04. The van der Waals surface area contributed by atoms with Crippen LogP contribution in [0.15, 0.2) is 24.3 Å². The lowest BCUT2D eigenvalue weighted by Crippen LogP contribution is -2.12. The number of carbonyl (C=O) groups is 1. The van der Waals surface area contributed by atoms with Gasteiger partial charge in [-0.25, -0.2) is 4.79 Å². The molecule has 0 saturated carbocycles. The number of ether oxygens (including phenoxy) is 1. The van der Waals surface area contributed by atoms with Crippen molar-refractivity contribution in [1.82, 2.24) is 0 Å². The molecule has 1 rings (SSSR count). The van der Waals surface area contributed by atoms with Gasteiger partial charge in [-0.2, -0.15) is 0 Å². The third-order valence-corrected chi connectivity index (χ3v) is 4.48. The zero-order valence-electron chi connectivity index (χ0n) is 11.5. The van der Waals surface area contributed by atoms with E-state index < -0.39 is 7.60 Å². The molecule has 0 amide bonds. The van der Waals surface area contributed by atoms with Crippen molar-refractivity contribution in [3.63, 3.8) is 0 Å². The zero-order valence-corrected chi connectivity index (χ0v) is 12.4. The van der Waals surface area contributed by atoms with Gasteiger partial charge in [0.1, 0.15) is 5.30 Å². The van der Waals surface area contributed by atoms with E-state index in [9.17, 15) is 9.36 Å². The van der Waals surface area contributed by atoms with Gasteiger partial charge in [-0.05, 0) is 45.0 Å². The van der Waals surface area contributed by atoms with Crippen LogP contribution < -0.4 is 5.30 Å². The van der Waals surface area contributed by atoms with Gasteiger partial charge in [0.2, 0.25) is 0 Å². The molecule has 0 atom stereocenters. The van der Waals surface area contributed by atoms with Crippen molar-refractivity contribution < 1.29 is 23.1 Å². The first-order chi connectivity index (χ1) is 9.07. The van der Waals surface area contributed by atoms with E-state index in [4.69, 9.17) is 13.8 Å². The lowest BCUT2D eigenvalue weighted by molar-refractivity contribution is 0.0526. The van der Waals surface area contributed by atoms with Crippen LogP contribution in [-0.2, 0) is 13.8 Å². The highest BCUT2D eigenvalue weighted by Crippen LogP contribution is 2.46. The highest BCUT2D eigenvalue weighted by Gasteiger charge is 2.35. The Balaban J connectivity index is 2.95. The van der Waals surface area contributed by atoms with E-state index in [-0.39, 0.29) is 5.97 Å². The molecule has 0 fully saturated rings. The van der Waals surface area contributed by atoms with Crippen LogP contribution in [0, 0.1) is 0 Å². The summed E-state index contributed by atoms with van der Waals surface area (Å²) in [5.74, 6) is -0.385. The van der Waals surface area contributed by atoms with E-state index >= 15 is 0 Å². The van der Waals surface area contributed by atoms with E-state index in [0.717, 1.165) is 0 Å². The minimum Gasteiger partial charge on any atom is -0.462 e. The van der Waals surface area contributed by atoms with Crippen molar-refractivity contribution in [2.75, 3.05) is 19.8 Å². The molecule has 1 aromatic carbocycles. The molecule has 1 aromatic rings. The second-order valence-electron chi connectivity index (χ2n) is 3.62. The Morgan fingerprint density at radius 3 is 2.00 bits per heavy atom. The first-order valence-electron chi connectivity index (χ1n) is 6.26. The summed E-state index contributed by atoms with van der Waals surface area (Å²) in [6.07, 6.45) is 0. The van der Waals surface area contributed by atoms with Gasteiger partial charge in [-0.15, -0.1) is 0 Å². The van der Waals surface area contributed by atoms with E-state index in [1.165, 1.54) is 0 Å². The molecule has 0 unspecified atom stereocenters. The lowest BCUT2D eigenvalue weighted by atomic mass is 10.2. The molecule has 5 nitrogen and oxygen atoms in total. The summed E-state index contributed by atoms with van der Waals surface area (Å²) in [6, 6.07) is 6.45. The summed E-state index contributed by atoms with van der Waals surface area (Å²) >= 11 is 0. The molecule has 0 aromatic heterocycles. The van der Waals surface area contributed by atoms with Crippen LogP contribution in [0.5, 0.6) is 0 Å². The fourth-order valence-corrected chi connectivity index (χ4v) is 3.14. The van der Waals surface area contributed by atoms with Crippen LogP contribution in [0.25, 0.3) is 0 Å². The van der Waals surface area contributed by atoms with E-state index in [2.05, 4.69) is 0 Å². The minimum absolute atomic E-state index is 0.329. The van der Waals surface area contributed by atoms with Crippen LogP contribution >= 0.6 is 7.60 Å². The summed E-state index contributed by atoms with van der Waals surface area (Å²) in [5, 5.41) is 0.546. The van der Waals surface area contributed by atoms with Gasteiger partial charge in [-0.3, -0.25) is 13.6 Å². The molecule has 0 radical (unpaired) electrons. The predicted octanol–water partition coefficient (Wildman–Crippen LogP) is 2.70. The Hall–Kier alpha value is -1.16. The maximum Gasteiger partial charge on any atom is 0.534 e. The molecule has 0 heterocycles. The standard InChI is InChI=1S/C13H19O5P/c1-4-16-13(14)11-7-9-12(10-8-11)19(15,17-5-2)18-6-3/h7-10H,4-6H2,1-3H3/p+1. The molecular formula is C13H20O5P+. The Morgan fingerprint density at radius 2 is 1.58 bits per heavy atom. The molecule has 6 heteroatoms. The van der Waals surface area contributed by atoms with Gasteiger partial charge >= 0.3 is 13.6 Å². The Bertz CT molecular complexity index is 445. The van der Waals surface area contributed by atoms with Crippen LogP contribution in [0.2, 0.25) is 0 Å². The fraction of sp³-hybridized carbons (Fsp3) is 0.462. The van der Waals surface area contributed by atoms with Crippen LogP contribution in [-0.4, -0.2) is 30.4 Å². The Kier molecular flexibility index (Phi) is 6.22. The predicted molar refractivity (Wildman–Crippen MR) is 74.1 cm³/mol. The van der Waals surface area contributed by atoms with Crippen molar-refractivity contribution in [3.05, 3.63) is 29.8 Å². The van der Waals surface area contributed by atoms with Crippen molar-refractivity contribution in [3.8, 4) is 0 Å². The van der Waals surface area contributed by atoms with E-state index in [1.54, 1.807) is 45.0 Å². The molecule has 106 valence electrons. The molecule has 19 heavy (non-hydrogen) atoms. The summed E-state index contributed by atoms with van der Waals surface area (Å²) < 4.78 is 25.9. The first kappa shape index (κ1) is 15.9. The number of carbonyl (C=O) groups excluding carboxylic acids is 1. The second-order valence-corrected chi connectivity index (χ2v) is 5.70. The second kappa shape index (κ2) is 7.43. The molecule has 0 aliphatic rings. The normalized spacial score (nSPS) is 11.3. The molecule has 0 bridgehead atoms. The number of benzene rings is 1. The van der Waals surface area contributed by atoms with Gasteiger partial charge in [0.15, 0.2) is 0 Å². The Labute approximate surface area is 113 Å². The number of hydrogen-bond acceptors (Lipinski definition) is 4. The average molecular weight is 287 g/mol. The highest BCUT2D eigenvalue weighted by molar-refractivity contribution is 7.62.